The Kier molecular flexibility index (Phi) is 8.69. The molecule has 10 nitrogen and oxygen atoms in total. The number of nitrogens with one attached hydrogen (secondary N) is 3. The zero-order chi connectivity index (χ0) is 28.1. The first kappa shape index (κ1) is 28.8. The van der Waals surface area contributed by atoms with E-state index in [2.05, 4.69) is 25.3 Å². The molecule has 4 aromatic carbocycles. The van der Waals surface area contributed by atoms with Crippen LogP contribution < -0.4 is 20.1 Å². The predicted octanol–water partition coefficient (Wildman–Crippen LogP) is 5.71. The highest BCUT2D eigenvalue weighted by molar-refractivity contribution is 7.92. The topological polar surface area (TPSA) is 143 Å². The number of ether oxygens (including phenoxy) is 1. The van der Waals surface area contributed by atoms with Gasteiger partial charge in [0.25, 0.3) is 10.0 Å². The highest BCUT2D eigenvalue weighted by Gasteiger charge is 2.20. The summed E-state index contributed by atoms with van der Waals surface area (Å²) in [5.74, 6) is 0.122. The molecule has 0 aliphatic heterocycles. The number of para-hydroxylation sites is 2. The summed E-state index contributed by atoms with van der Waals surface area (Å²) in [5, 5.41) is 15.8. The number of aromatic hydroxyl groups is 1. The fraction of sp³-hybridized carbons (Fsp3) is 0.100. The third kappa shape index (κ3) is 7.08. The first-order valence-electron chi connectivity index (χ1n) is 12.2. The zero-order valence-electron chi connectivity index (χ0n) is 21.3. The number of rotatable bonds is 9. The fourth-order valence-electron chi connectivity index (χ4n) is 3.98. The lowest BCUT2D eigenvalue weighted by Crippen LogP contribution is -2.17. The number of methoxy groups -OCH3 is 1. The van der Waals surface area contributed by atoms with Gasteiger partial charge in [0.05, 0.1) is 29.5 Å². The van der Waals surface area contributed by atoms with Gasteiger partial charge in [0.2, 0.25) is 5.91 Å². The molecule has 0 aliphatic carbocycles. The molecule has 0 radical (unpaired) electrons. The molecule has 0 unspecified atom stereocenters. The van der Waals surface area contributed by atoms with Crippen molar-refractivity contribution in [2.45, 2.75) is 18.7 Å². The average Bonchev–Trinajstić information content (AvgIpc) is 2.93. The number of phenolic OH excluding ortho intramolecular Hbond substituents is 1. The first-order valence-corrected chi connectivity index (χ1v) is 13.7. The Labute approximate surface area is 238 Å². The molecule has 1 heterocycles. The number of hydrogen-bond donors (Lipinski definition) is 4. The third-order valence-corrected chi connectivity index (χ3v) is 7.16. The van der Waals surface area contributed by atoms with Gasteiger partial charge in [0.1, 0.15) is 11.5 Å². The molecule has 0 spiro atoms. The van der Waals surface area contributed by atoms with E-state index in [1.54, 1.807) is 36.4 Å². The molecular weight excluding hydrogens is 542 g/mol. The number of fused-ring (bicyclic) bond motifs is 1. The molecule has 5 aromatic rings. The summed E-state index contributed by atoms with van der Waals surface area (Å²) < 4.78 is 34.6. The Balaban J connectivity index is 0.00000387. The molecule has 0 bridgehead atoms. The normalized spacial score (nSPS) is 10.9. The van der Waals surface area contributed by atoms with Crippen molar-refractivity contribution < 1.29 is 23.1 Å². The Morgan fingerprint density at radius 2 is 1.51 bits per heavy atom. The maximum atomic E-state index is 13.4. The molecule has 4 N–H and O–H groups in total. The molecule has 0 aliphatic rings. The van der Waals surface area contributed by atoms with Crippen molar-refractivity contribution in [1.29, 1.82) is 0 Å². The van der Waals surface area contributed by atoms with E-state index in [1.165, 1.54) is 37.4 Å². The summed E-state index contributed by atoms with van der Waals surface area (Å²) in [6.45, 7) is 0. The van der Waals surface area contributed by atoms with Crippen molar-refractivity contribution in [3.63, 3.8) is 0 Å². The van der Waals surface area contributed by atoms with Crippen molar-refractivity contribution in [3.8, 4) is 11.5 Å². The molecule has 0 saturated heterocycles. The third-order valence-electron chi connectivity index (χ3n) is 5.83. The van der Waals surface area contributed by atoms with E-state index in [0.29, 0.717) is 28.2 Å². The Morgan fingerprint density at radius 1 is 0.829 bits per heavy atom. The summed E-state index contributed by atoms with van der Waals surface area (Å²) in [7, 11) is -2.69. The quantitative estimate of drug-likeness (QED) is 0.176. The summed E-state index contributed by atoms with van der Waals surface area (Å²) in [6, 6.07) is 26.7. The lowest BCUT2D eigenvalue weighted by molar-refractivity contribution is -0.115. The second-order valence-corrected chi connectivity index (χ2v) is 10.5. The molecule has 1 aromatic heterocycles. The van der Waals surface area contributed by atoms with Crippen LogP contribution in [-0.2, 0) is 21.2 Å². The monoisotopic (exact) mass is 571 g/mol. The number of anilines is 4. The van der Waals surface area contributed by atoms with E-state index in [9.17, 15) is 18.3 Å². The van der Waals surface area contributed by atoms with Crippen LogP contribution in [0.5, 0.6) is 11.5 Å². The van der Waals surface area contributed by atoms with Gasteiger partial charge in [-0.15, -0.1) is 0 Å². The highest BCUT2D eigenvalue weighted by atomic mass is 32.2. The number of amides is 1. The lowest BCUT2D eigenvalue weighted by Gasteiger charge is -2.15. The van der Waals surface area contributed by atoms with Crippen LogP contribution in [0.2, 0.25) is 0 Å². The Bertz CT molecular complexity index is 1800. The molecule has 0 saturated carbocycles. The van der Waals surface area contributed by atoms with Crippen LogP contribution in [0.3, 0.4) is 0 Å². The van der Waals surface area contributed by atoms with Gasteiger partial charge < -0.3 is 20.5 Å². The minimum absolute atomic E-state index is 0. The van der Waals surface area contributed by atoms with E-state index < -0.39 is 10.0 Å². The predicted molar refractivity (Wildman–Crippen MR) is 160 cm³/mol. The maximum Gasteiger partial charge on any atom is 0.263 e. The molecule has 41 heavy (non-hydrogen) atoms. The number of carbonyl (C=O) groups excluding carboxylic acids is 1. The van der Waals surface area contributed by atoms with Crippen molar-refractivity contribution in [1.82, 2.24) is 9.97 Å². The summed E-state index contributed by atoms with van der Waals surface area (Å²) in [6.07, 6.45) is 0.150. The average molecular weight is 572 g/mol. The summed E-state index contributed by atoms with van der Waals surface area (Å²) in [4.78, 5) is 21.5. The van der Waals surface area contributed by atoms with Crippen LogP contribution in [0, 0.1) is 0 Å². The number of benzene rings is 4. The molecule has 0 fully saturated rings. The molecule has 210 valence electrons. The van der Waals surface area contributed by atoms with Gasteiger partial charge in [-0.1, -0.05) is 56.0 Å². The van der Waals surface area contributed by atoms with Crippen LogP contribution in [-0.4, -0.2) is 36.5 Å². The minimum atomic E-state index is -4.15. The molecule has 11 heteroatoms. The van der Waals surface area contributed by atoms with Crippen LogP contribution in [0.1, 0.15) is 13.0 Å². The van der Waals surface area contributed by atoms with Gasteiger partial charge in [-0.3, -0.25) is 9.52 Å². The van der Waals surface area contributed by atoms with E-state index >= 15 is 0 Å². The second-order valence-electron chi connectivity index (χ2n) is 8.80. The largest absolute Gasteiger partial charge is 0.508 e. The maximum absolute atomic E-state index is 13.4. The van der Waals surface area contributed by atoms with E-state index in [1.807, 2.05) is 30.3 Å². The second kappa shape index (κ2) is 12.3. The van der Waals surface area contributed by atoms with Gasteiger partial charge in [-0.25, -0.2) is 18.4 Å². The smallest absolute Gasteiger partial charge is 0.263 e. The summed E-state index contributed by atoms with van der Waals surface area (Å²) >= 11 is 0. The van der Waals surface area contributed by atoms with Crippen LogP contribution in [0.4, 0.5) is 23.0 Å². The van der Waals surface area contributed by atoms with Crippen molar-refractivity contribution in [2.24, 2.45) is 0 Å². The number of carbonyl (C=O) groups is 1. The Morgan fingerprint density at radius 3 is 2.22 bits per heavy atom. The van der Waals surface area contributed by atoms with Gasteiger partial charge in [0, 0.05) is 29.6 Å². The Hall–Kier alpha value is -5.16. The van der Waals surface area contributed by atoms with Crippen molar-refractivity contribution in [3.05, 3.63) is 103 Å². The SMILES string of the molecule is C.COc1cc(O)cc(Nc2nc3ccccc3nc2NS(=O)(=O)c2cccc(NC(=O)Cc3ccccc3)c2)c1. The number of phenols is 1. The lowest BCUT2D eigenvalue weighted by atomic mass is 10.1. The van der Waals surface area contributed by atoms with Crippen molar-refractivity contribution >= 4 is 50.0 Å². The zero-order valence-corrected chi connectivity index (χ0v) is 22.1. The molecule has 0 atom stereocenters. The number of hydrogen-bond acceptors (Lipinski definition) is 8. The van der Waals surface area contributed by atoms with E-state index in [0.717, 1.165) is 5.56 Å². The number of aromatic nitrogens is 2. The fourth-order valence-corrected chi connectivity index (χ4v) is 5.04. The van der Waals surface area contributed by atoms with Gasteiger partial charge >= 0.3 is 0 Å². The van der Waals surface area contributed by atoms with E-state index in [4.69, 9.17) is 4.74 Å². The molecule has 1 amide bonds. The van der Waals surface area contributed by atoms with Gasteiger partial charge in [-0.2, -0.15) is 0 Å². The van der Waals surface area contributed by atoms with Crippen LogP contribution in [0.15, 0.2) is 102 Å². The highest BCUT2D eigenvalue weighted by Crippen LogP contribution is 2.31. The standard InChI is InChI=1S/C29H25N5O5S.CH4/c1-39-23-16-21(15-22(35)18-23)31-28-29(33-26-13-6-5-12-25(26)32-28)34-40(37,38)24-11-7-10-20(17-24)30-27(36)14-19-8-3-2-4-9-19;/h2-13,15-18,35H,14H2,1H3,(H,30,36)(H,31,32)(H,33,34);1H4. The number of sulfonamides is 1. The molecule has 5 rings (SSSR count). The van der Waals surface area contributed by atoms with Gasteiger partial charge in [0.15, 0.2) is 11.6 Å². The first-order chi connectivity index (χ1) is 19.3. The van der Waals surface area contributed by atoms with Crippen molar-refractivity contribution in [2.75, 3.05) is 22.5 Å². The van der Waals surface area contributed by atoms with Crippen LogP contribution in [0.25, 0.3) is 11.0 Å². The summed E-state index contributed by atoms with van der Waals surface area (Å²) in [5.41, 5.74) is 2.58. The minimum Gasteiger partial charge on any atom is -0.508 e. The van der Waals surface area contributed by atoms with Gasteiger partial charge in [-0.05, 0) is 35.9 Å². The van der Waals surface area contributed by atoms with Crippen LogP contribution >= 0.6 is 0 Å². The van der Waals surface area contributed by atoms with E-state index in [-0.39, 0.29) is 42.0 Å². The molecular formula is C30H29N5O5S. The number of nitrogens with zero attached hydrogens (tertiary/aromatic N) is 2.